The zero-order valence-corrected chi connectivity index (χ0v) is 8.95. The molecule has 1 aromatic rings. The maximum Gasteiger partial charge on any atom is 0.252 e. The smallest absolute Gasteiger partial charge is 0.252 e. The Morgan fingerprint density at radius 2 is 2.00 bits per heavy atom. The summed E-state index contributed by atoms with van der Waals surface area (Å²) in [4.78, 5) is 11.6. The van der Waals surface area contributed by atoms with Gasteiger partial charge >= 0.3 is 0 Å². The van der Waals surface area contributed by atoms with Crippen molar-refractivity contribution in [1.29, 1.82) is 0 Å². The van der Waals surface area contributed by atoms with Crippen molar-refractivity contribution in [3.8, 4) is 0 Å². The van der Waals surface area contributed by atoms with Gasteiger partial charge in [-0.25, -0.2) is 10.4 Å². The van der Waals surface area contributed by atoms with Crippen molar-refractivity contribution in [2.45, 2.75) is 19.5 Å². The molecule has 0 aromatic heterocycles. The molecule has 1 atom stereocenters. The Morgan fingerprint density at radius 1 is 1.40 bits per heavy atom. The Hall–Kier alpha value is -1.39. The van der Waals surface area contributed by atoms with Crippen molar-refractivity contribution in [2.24, 2.45) is 0 Å². The molecule has 0 spiro atoms. The van der Waals surface area contributed by atoms with Crippen molar-refractivity contribution >= 4 is 5.91 Å². The van der Waals surface area contributed by atoms with Crippen LogP contribution in [0, 0.1) is 0 Å². The van der Waals surface area contributed by atoms with E-state index in [0.29, 0.717) is 12.2 Å². The Labute approximate surface area is 89.2 Å². The topological polar surface area (TPSA) is 54.1 Å². The second-order valence-corrected chi connectivity index (χ2v) is 4.13. The number of amides is 1. The largest absolute Gasteiger partial charge is 0.338 e. The number of nitrogens with zero attached hydrogens (tertiary/aromatic N) is 1. The number of hydrazine groups is 1. The lowest BCUT2D eigenvalue weighted by Crippen LogP contribution is -2.31. The normalized spacial score (nSPS) is 22.1. The van der Waals surface area contributed by atoms with Crippen LogP contribution in [-0.4, -0.2) is 23.2 Å². The van der Waals surface area contributed by atoms with Crippen molar-refractivity contribution in [1.82, 2.24) is 15.8 Å². The van der Waals surface area contributed by atoms with E-state index in [1.54, 1.807) is 12.1 Å². The molecule has 1 aromatic carbocycles. The molecule has 0 bridgehead atoms. The molecule has 1 saturated heterocycles. The number of hydrogen-bond donors (Lipinski definition) is 2. The number of nitrogens with one attached hydrogen (secondary N) is 2. The summed E-state index contributed by atoms with van der Waals surface area (Å²) in [6, 6.07) is 9.21. The molecule has 4 heteroatoms. The first-order valence-electron chi connectivity index (χ1n) is 4.98. The van der Waals surface area contributed by atoms with Gasteiger partial charge in [0, 0.05) is 5.56 Å². The molecule has 15 heavy (non-hydrogen) atoms. The molecular formula is C11H15N3O. The van der Waals surface area contributed by atoms with Gasteiger partial charge in [0.2, 0.25) is 0 Å². The van der Waals surface area contributed by atoms with Gasteiger partial charge in [0.1, 0.15) is 0 Å². The Balaban J connectivity index is 1.84. The lowest BCUT2D eigenvalue weighted by atomic mass is 10.2. The number of hydrogen-bond acceptors (Lipinski definition) is 3. The van der Waals surface area contributed by atoms with Gasteiger partial charge in [-0.3, -0.25) is 4.79 Å². The molecular weight excluding hydrogens is 190 g/mol. The summed E-state index contributed by atoms with van der Waals surface area (Å²) in [6.07, 6.45) is 0. The van der Waals surface area contributed by atoms with E-state index in [0.717, 1.165) is 0 Å². The monoisotopic (exact) mass is 205 g/mol. The van der Waals surface area contributed by atoms with Crippen LogP contribution in [0.25, 0.3) is 0 Å². The van der Waals surface area contributed by atoms with E-state index < -0.39 is 0 Å². The van der Waals surface area contributed by atoms with Crippen molar-refractivity contribution in [3.63, 3.8) is 0 Å². The second kappa shape index (κ2) is 3.64. The van der Waals surface area contributed by atoms with Crippen LogP contribution in [-0.2, 0) is 0 Å². The molecule has 4 nitrogen and oxygen atoms in total. The van der Waals surface area contributed by atoms with Crippen LogP contribution in [0.15, 0.2) is 30.3 Å². The third-order valence-electron chi connectivity index (χ3n) is 2.47. The molecule has 2 N–H and O–H groups in total. The van der Waals surface area contributed by atoms with Gasteiger partial charge in [0.25, 0.3) is 5.91 Å². The van der Waals surface area contributed by atoms with E-state index in [1.165, 1.54) is 0 Å². The summed E-state index contributed by atoms with van der Waals surface area (Å²) in [5.41, 5.74) is 3.84. The quantitative estimate of drug-likeness (QED) is 0.722. The number of rotatable bonds is 3. The molecule has 1 amide bonds. The van der Waals surface area contributed by atoms with Crippen LogP contribution in [0.2, 0.25) is 0 Å². The fourth-order valence-corrected chi connectivity index (χ4v) is 1.38. The predicted molar refractivity (Wildman–Crippen MR) is 57.8 cm³/mol. The molecule has 1 aliphatic heterocycles. The maximum atomic E-state index is 11.6. The highest BCUT2D eigenvalue weighted by Gasteiger charge is 2.42. The third kappa shape index (κ3) is 2.34. The summed E-state index contributed by atoms with van der Waals surface area (Å²) in [5.74, 6) is -0.0416. The minimum atomic E-state index is -0.0416. The minimum absolute atomic E-state index is 0.0178. The Morgan fingerprint density at radius 3 is 2.53 bits per heavy atom. The molecule has 0 saturated carbocycles. The van der Waals surface area contributed by atoms with E-state index in [2.05, 4.69) is 24.6 Å². The fourth-order valence-electron chi connectivity index (χ4n) is 1.38. The van der Waals surface area contributed by atoms with Gasteiger partial charge in [0.15, 0.2) is 0 Å². The highest BCUT2D eigenvalue weighted by Crippen LogP contribution is 2.20. The third-order valence-corrected chi connectivity index (χ3v) is 2.47. The summed E-state index contributed by atoms with van der Waals surface area (Å²) < 4.78 is 0. The van der Waals surface area contributed by atoms with E-state index in [-0.39, 0.29) is 11.6 Å². The molecule has 80 valence electrons. The van der Waals surface area contributed by atoms with E-state index in [1.807, 2.05) is 23.2 Å². The van der Waals surface area contributed by atoms with Gasteiger partial charge in [0.05, 0.1) is 12.3 Å². The average molecular weight is 205 g/mol. The number of carbonyl (C=O) groups is 1. The number of benzene rings is 1. The van der Waals surface area contributed by atoms with Gasteiger partial charge in [-0.2, -0.15) is 0 Å². The highest BCUT2D eigenvalue weighted by atomic mass is 16.2. The summed E-state index contributed by atoms with van der Waals surface area (Å²) in [5, 5.41) is 4.81. The Bertz CT molecular complexity index is 361. The molecule has 0 radical (unpaired) electrons. The van der Waals surface area contributed by atoms with Gasteiger partial charge < -0.3 is 5.32 Å². The maximum absolute atomic E-state index is 11.6. The fraction of sp³-hybridized carbons (Fsp3) is 0.364. The van der Waals surface area contributed by atoms with Crippen LogP contribution in [0.1, 0.15) is 24.2 Å². The van der Waals surface area contributed by atoms with Crippen LogP contribution in [0.5, 0.6) is 0 Å². The molecule has 1 heterocycles. The van der Waals surface area contributed by atoms with Gasteiger partial charge in [-0.15, -0.1) is 0 Å². The summed E-state index contributed by atoms with van der Waals surface area (Å²) >= 11 is 0. The van der Waals surface area contributed by atoms with Crippen molar-refractivity contribution in [2.75, 3.05) is 6.67 Å². The molecule has 1 aliphatic rings. The minimum Gasteiger partial charge on any atom is -0.338 e. The SMILES string of the molecule is CC1(C)NN1CNC(=O)c1ccccc1. The lowest BCUT2D eigenvalue weighted by molar-refractivity contribution is 0.0939. The predicted octanol–water partition coefficient (Wildman–Crippen LogP) is 0.930. The zero-order valence-electron chi connectivity index (χ0n) is 8.95. The summed E-state index contributed by atoms with van der Waals surface area (Å²) in [7, 11) is 0. The Kier molecular flexibility index (Phi) is 2.46. The molecule has 1 unspecified atom stereocenters. The van der Waals surface area contributed by atoms with Gasteiger partial charge in [-0.05, 0) is 26.0 Å². The molecule has 1 fully saturated rings. The van der Waals surface area contributed by atoms with Crippen molar-refractivity contribution < 1.29 is 4.79 Å². The number of carbonyl (C=O) groups excluding carboxylic acids is 1. The second-order valence-electron chi connectivity index (χ2n) is 4.13. The lowest BCUT2D eigenvalue weighted by Gasteiger charge is -2.06. The first-order valence-corrected chi connectivity index (χ1v) is 4.98. The van der Waals surface area contributed by atoms with Crippen molar-refractivity contribution in [3.05, 3.63) is 35.9 Å². The zero-order chi connectivity index (χ0) is 10.9. The summed E-state index contributed by atoms with van der Waals surface area (Å²) in [6.45, 7) is 4.64. The average Bonchev–Trinajstić information content (AvgIpc) is 2.84. The first kappa shape index (κ1) is 10.1. The van der Waals surface area contributed by atoms with Gasteiger partial charge in [-0.1, -0.05) is 18.2 Å². The van der Waals surface area contributed by atoms with Crippen LogP contribution in [0.3, 0.4) is 0 Å². The highest BCUT2D eigenvalue weighted by molar-refractivity contribution is 5.94. The van der Waals surface area contributed by atoms with Crippen LogP contribution < -0.4 is 10.7 Å². The van der Waals surface area contributed by atoms with Crippen LogP contribution in [0.4, 0.5) is 0 Å². The molecule has 0 aliphatic carbocycles. The first-order chi connectivity index (χ1) is 7.09. The van der Waals surface area contributed by atoms with Crippen LogP contribution >= 0.6 is 0 Å². The standard InChI is InChI=1S/C11H15N3O/c1-11(2)13-14(11)8-12-10(15)9-6-4-3-5-7-9/h3-7,13H,8H2,1-2H3,(H,12,15). The van der Waals surface area contributed by atoms with E-state index in [4.69, 9.17) is 0 Å². The van der Waals surface area contributed by atoms with E-state index >= 15 is 0 Å². The van der Waals surface area contributed by atoms with E-state index in [9.17, 15) is 4.79 Å². The molecule has 2 rings (SSSR count).